The van der Waals surface area contributed by atoms with Crippen molar-refractivity contribution in [2.45, 2.75) is 38.3 Å². The monoisotopic (exact) mass is 211 g/mol. The molecule has 2 aliphatic rings. The molecule has 2 fully saturated rings. The minimum atomic E-state index is 0.721. The van der Waals surface area contributed by atoms with Gasteiger partial charge >= 0.3 is 0 Å². The Labute approximate surface area is 93.8 Å². The maximum atomic E-state index is 3.71. The van der Waals surface area contributed by atoms with Gasteiger partial charge in [0.15, 0.2) is 0 Å². The lowest BCUT2D eigenvalue weighted by atomic mass is 10.2. The van der Waals surface area contributed by atoms with Crippen LogP contribution in [0.2, 0.25) is 0 Å². The van der Waals surface area contributed by atoms with E-state index in [0.29, 0.717) is 0 Å². The van der Waals surface area contributed by atoms with Gasteiger partial charge in [-0.05, 0) is 52.9 Å². The van der Waals surface area contributed by atoms with Crippen molar-refractivity contribution in [3.8, 4) is 0 Å². The first-order valence-corrected chi connectivity index (χ1v) is 6.41. The molecule has 1 N–H and O–H groups in total. The molecule has 0 spiro atoms. The second-order valence-corrected chi connectivity index (χ2v) is 5.25. The van der Waals surface area contributed by atoms with Gasteiger partial charge in [-0.1, -0.05) is 0 Å². The van der Waals surface area contributed by atoms with E-state index < -0.39 is 0 Å². The van der Waals surface area contributed by atoms with Gasteiger partial charge in [-0.15, -0.1) is 0 Å². The van der Waals surface area contributed by atoms with E-state index in [4.69, 9.17) is 0 Å². The number of hydrogen-bond acceptors (Lipinski definition) is 3. The van der Waals surface area contributed by atoms with Crippen molar-refractivity contribution in [1.29, 1.82) is 0 Å². The van der Waals surface area contributed by atoms with Gasteiger partial charge < -0.3 is 10.2 Å². The Morgan fingerprint density at radius 2 is 2.00 bits per heavy atom. The summed E-state index contributed by atoms with van der Waals surface area (Å²) in [4.78, 5) is 5.03. The van der Waals surface area contributed by atoms with Crippen LogP contribution in [0, 0.1) is 0 Å². The van der Waals surface area contributed by atoms with E-state index in [2.05, 4.69) is 29.1 Å². The van der Waals surface area contributed by atoms with E-state index in [1.165, 1.54) is 52.0 Å². The Kier molecular flexibility index (Phi) is 4.00. The third-order valence-corrected chi connectivity index (χ3v) is 3.86. The van der Waals surface area contributed by atoms with Crippen LogP contribution >= 0.6 is 0 Å². The Bertz CT molecular complexity index is 189. The third kappa shape index (κ3) is 3.16. The lowest BCUT2D eigenvalue weighted by Gasteiger charge is -2.25. The van der Waals surface area contributed by atoms with E-state index in [-0.39, 0.29) is 0 Å². The average Bonchev–Trinajstić information content (AvgIpc) is 2.84. The quantitative estimate of drug-likeness (QED) is 0.741. The number of rotatable bonds is 4. The highest BCUT2D eigenvalue weighted by Crippen LogP contribution is 2.12. The summed E-state index contributed by atoms with van der Waals surface area (Å²) in [6.45, 7) is 8.64. The topological polar surface area (TPSA) is 18.5 Å². The maximum absolute atomic E-state index is 3.71. The van der Waals surface area contributed by atoms with Crippen molar-refractivity contribution < 1.29 is 0 Å². The largest absolute Gasteiger partial charge is 0.311 e. The highest BCUT2D eigenvalue weighted by molar-refractivity contribution is 4.82. The van der Waals surface area contributed by atoms with Crippen LogP contribution in [0.15, 0.2) is 0 Å². The molecule has 2 rings (SSSR count). The molecule has 0 aliphatic carbocycles. The van der Waals surface area contributed by atoms with Crippen LogP contribution < -0.4 is 5.32 Å². The number of hydrogen-bond donors (Lipinski definition) is 1. The second kappa shape index (κ2) is 5.28. The molecule has 2 heterocycles. The van der Waals surface area contributed by atoms with E-state index in [0.717, 1.165) is 12.1 Å². The van der Waals surface area contributed by atoms with Gasteiger partial charge in [0.25, 0.3) is 0 Å². The zero-order chi connectivity index (χ0) is 10.7. The third-order valence-electron chi connectivity index (χ3n) is 3.86. The molecule has 0 bridgehead atoms. The van der Waals surface area contributed by atoms with Crippen molar-refractivity contribution in [2.75, 3.05) is 39.8 Å². The molecule has 2 saturated heterocycles. The van der Waals surface area contributed by atoms with Gasteiger partial charge in [-0.3, -0.25) is 4.90 Å². The van der Waals surface area contributed by atoms with Gasteiger partial charge in [-0.2, -0.15) is 0 Å². The zero-order valence-corrected chi connectivity index (χ0v) is 10.2. The molecule has 0 amide bonds. The van der Waals surface area contributed by atoms with Gasteiger partial charge in [0, 0.05) is 25.2 Å². The average molecular weight is 211 g/mol. The summed E-state index contributed by atoms with van der Waals surface area (Å²) in [6.07, 6.45) is 4.12. The normalized spacial score (nSPS) is 31.2. The smallest absolute Gasteiger partial charge is 0.0207 e. The van der Waals surface area contributed by atoms with E-state index in [9.17, 15) is 0 Å². The molecule has 3 nitrogen and oxygen atoms in total. The summed E-state index contributed by atoms with van der Waals surface area (Å²) in [5.74, 6) is 0. The van der Waals surface area contributed by atoms with Crippen LogP contribution in [0.4, 0.5) is 0 Å². The highest BCUT2D eigenvalue weighted by Gasteiger charge is 2.22. The fraction of sp³-hybridized carbons (Fsp3) is 1.00. The van der Waals surface area contributed by atoms with Gasteiger partial charge in [0.2, 0.25) is 0 Å². The highest BCUT2D eigenvalue weighted by atomic mass is 15.2. The lowest BCUT2D eigenvalue weighted by Crippen LogP contribution is -2.43. The molecule has 0 aromatic heterocycles. The predicted molar refractivity (Wildman–Crippen MR) is 64.2 cm³/mol. The van der Waals surface area contributed by atoms with Crippen LogP contribution in [0.5, 0.6) is 0 Å². The summed E-state index contributed by atoms with van der Waals surface area (Å²) in [5.41, 5.74) is 0. The summed E-state index contributed by atoms with van der Waals surface area (Å²) in [6, 6.07) is 1.46. The number of likely N-dealkylation sites (tertiary alicyclic amines) is 2. The minimum absolute atomic E-state index is 0.721. The molecule has 2 unspecified atom stereocenters. The molecule has 15 heavy (non-hydrogen) atoms. The SMILES string of the molecule is CC(CNC1CCN(C)C1)N1CCCC1. The lowest BCUT2D eigenvalue weighted by molar-refractivity contribution is 0.245. The Hall–Kier alpha value is -0.120. The van der Waals surface area contributed by atoms with E-state index in [1.54, 1.807) is 0 Å². The van der Waals surface area contributed by atoms with E-state index in [1.807, 2.05) is 0 Å². The van der Waals surface area contributed by atoms with Gasteiger partial charge in [-0.25, -0.2) is 0 Å². The minimum Gasteiger partial charge on any atom is -0.311 e. The predicted octanol–water partition coefficient (Wildman–Crippen LogP) is 0.764. The molecule has 0 radical (unpaired) electrons. The first kappa shape index (κ1) is 11.4. The van der Waals surface area contributed by atoms with Gasteiger partial charge in [0.05, 0.1) is 0 Å². The Morgan fingerprint density at radius 1 is 1.27 bits per heavy atom. The number of nitrogens with one attached hydrogen (secondary N) is 1. The number of nitrogens with zero attached hydrogens (tertiary/aromatic N) is 2. The molecule has 3 heteroatoms. The summed E-state index contributed by atoms with van der Waals surface area (Å²) >= 11 is 0. The molecule has 2 atom stereocenters. The van der Waals surface area contributed by atoms with Crippen molar-refractivity contribution >= 4 is 0 Å². The zero-order valence-electron chi connectivity index (χ0n) is 10.2. The second-order valence-electron chi connectivity index (χ2n) is 5.25. The fourth-order valence-electron chi connectivity index (χ4n) is 2.75. The maximum Gasteiger partial charge on any atom is 0.0207 e. The molecule has 0 aromatic carbocycles. The Morgan fingerprint density at radius 3 is 2.60 bits per heavy atom. The van der Waals surface area contributed by atoms with Crippen molar-refractivity contribution in [2.24, 2.45) is 0 Å². The first-order chi connectivity index (χ1) is 7.25. The molecule has 0 aromatic rings. The van der Waals surface area contributed by atoms with Crippen LogP contribution in [-0.4, -0.2) is 61.7 Å². The van der Waals surface area contributed by atoms with E-state index >= 15 is 0 Å². The first-order valence-electron chi connectivity index (χ1n) is 6.41. The van der Waals surface area contributed by atoms with Crippen molar-refractivity contribution in [3.63, 3.8) is 0 Å². The standard InChI is InChI=1S/C12H25N3/c1-11(15-6-3-4-7-15)9-13-12-5-8-14(2)10-12/h11-13H,3-10H2,1-2H3. The molecule has 0 saturated carbocycles. The van der Waals surface area contributed by atoms with Crippen LogP contribution in [0.25, 0.3) is 0 Å². The van der Waals surface area contributed by atoms with Crippen LogP contribution in [0.1, 0.15) is 26.2 Å². The van der Waals surface area contributed by atoms with Crippen LogP contribution in [0.3, 0.4) is 0 Å². The van der Waals surface area contributed by atoms with Crippen LogP contribution in [-0.2, 0) is 0 Å². The number of likely N-dealkylation sites (N-methyl/N-ethyl adjacent to an activating group) is 1. The fourth-order valence-corrected chi connectivity index (χ4v) is 2.75. The van der Waals surface area contributed by atoms with Crippen molar-refractivity contribution in [1.82, 2.24) is 15.1 Å². The summed E-state index contributed by atoms with van der Waals surface area (Å²) < 4.78 is 0. The molecule has 2 aliphatic heterocycles. The summed E-state index contributed by atoms with van der Waals surface area (Å²) in [5, 5.41) is 3.71. The Balaban J connectivity index is 1.64. The van der Waals surface area contributed by atoms with Crippen molar-refractivity contribution in [3.05, 3.63) is 0 Å². The molecule has 88 valence electrons. The molecular weight excluding hydrogens is 186 g/mol. The van der Waals surface area contributed by atoms with Gasteiger partial charge in [0.1, 0.15) is 0 Å². The summed E-state index contributed by atoms with van der Waals surface area (Å²) in [7, 11) is 2.21. The molecular formula is C12H25N3.